The van der Waals surface area contributed by atoms with Gasteiger partial charge in [0.25, 0.3) is 10.1 Å². The average molecular weight is 1520 g/mol. The minimum Gasteiger partial charge on any atom is -0.480 e. The summed E-state index contributed by atoms with van der Waals surface area (Å²) in [4.78, 5) is 129. The van der Waals surface area contributed by atoms with Crippen molar-refractivity contribution in [1.29, 1.82) is 0 Å². The maximum absolute atomic E-state index is 14.3. The van der Waals surface area contributed by atoms with Crippen molar-refractivity contribution >= 4 is 85.2 Å². The first-order valence-corrected chi connectivity index (χ1v) is 35.5. The molecule has 1 fully saturated rings. The molecule has 0 radical (unpaired) electrons. The summed E-state index contributed by atoms with van der Waals surface area (Å²) in [6.45, 7) is 22.0. The van der Waals surface area contributed by atoms with Gasteiger partial charge < -0.3 is 55.4 Å². The summed E-state index contributed by atoms with van der Waals surface area (Å²) < 4.78 is 145. The Morgan fingerprint density at radius 3 is 1.49 bits per heavy atom. The summed E-state index contributed by atoms with van der Waals surface area (Å²) in [7, 11) is -9.09. The van der Waals surface area contributed by atoms with Crippen molar-refractivity contribution < 1.29 is 120 Å². The molecule has 3 aromatic rings. The second kappa shape index (κ2) is 38.6. The second-order valence-electron chi connectivity index (χ2n) is 27.4. The third kappa shape index (κ3) is 34.4. The lowest BCUT2D eigenvalue weighted by molar-refractivity contribution is -0.193. The predicted octanol–water partition coefficient (Wildman–Crippen LogP) is 4.31. The summed E-state index contributed by atoms with van der Waals surface area (Å²) in [5.74, 6) is -10.6. The number of Topliss-reactive ketones (excluding diaryl/α,β-unsaturated/α-hetero) is 1. The molecule has 9 N–H and O–H groups in total. The summed E-state index contributed by atoms with van der Waals surface area (Å²) >= 11 is 0. The lowest BCUT2D eigenvalue weighted by atomic mass is 9.92. The van der Waals surface area contributed by atoms with Crippen LogP contribution in [0.3, 0.4) is 0 Å². The van der Waals surface area contributed by atoms with E-state index >= 15 is 0 Å². The molecular formula is C64H95F6N11O20S2. The van der Waals surface area contributed by atoms with Crippen LogP contribution in [0.2, 0.25) is 0 Å². The van der Waals surface area contributed by atoms with Crippen molar-refractivity contribution in [2.45, 2.75) is 167 Å². The highest BCUT2D eigenvalue weighted by Gasteiger charge is 2.40. The van der Waals surface area contributed by atoms with Crippen LogP contribution in [0.15, 0.2) is 47.6 Å². The Morgan fingerprint density at radius 1 is 0.660 bits per heavy atom. The quantitative estimate of drug-likeness (QED) is 0.0178. The number of benzene rings is 2. The molecule has 1 unspecified atom stereocenters. The van der Waals surface area contributed by atoms with E-state index in [-0.39, 0.29) is 102 Å². The summed E-state index contributed by atoms with van der Waals surface area (Å²) in [6, 6.07) is 4.27. The van der Waals surface area contributed by atoms with Crippen LogP contribution in [-0.2, 0) is 79.3 Å². The number of unbranched alkanes of at least 4 members (excludes halogenated alkanes) is 1. The lowest BCUT2D eigenvalue weighted by Gasteiger charge is -2.38. The van der Waals surface area contributed by atoms with Crippen molar-refractivity contribution in [1.82, 2.24) is 44.9 Å². The zero-order valence-corrected chi connectivity index (χ0v) is 61.1. The van der Waals surface area contributed by atoms with E-state index in [9.17, 15) is 86.4 Å². The number of carboxylic acids is 3. The van der Waals surface area contributed by atoms with Crippen molar-refractivity contribution in [3.63, 3.8) is 0 Å². The van der Waals surface area contributed by atoms with Crippen LogP contribution in [0, 0.1) is 20.8 Å². The van der Waals surface area contributed by atoms with E-state index in [1.807, 2.05) is 19.6 Å². The first kappa shape index (κ1) is 89.1. The number of aromatic nitrogens is 2. The zero-order valence-electron chi connectivity index (χ0n) is 59.5. The Bertz CT molecular complexity index is 3550. The summed E-state index contributed by atoms with van der Waals surface area (Å²) in [6.07, 6.45) is -6.84. The third-order valence-electron chi connectivity index (χ3n) is 14.7. The Labute approximate surface area is 593 Å². The molecule has 2 amide bonds. The van der Waals surface area contributed by atoms with Crippen LogP contribution in [0.4, 0.5) is 38.0 Å². The largest absolute Gasteiger partial charge is 0.490 e. The number of esters is 3. The van der Waals surface area contributed by atoms with Gasteiger partial charge in [0.1, 0.15) is 28.9 Å². The number of aliphatic carboxylic acids is 3. The number of rotatable bonds is 26. The number of ketones is 1. The number of ether oxygens (including phenoxy) is 3. The standard InChI is InChI=1S/C60H93N11O16S2.2C2HF3O2/c1-40-29-41(2)54(42(3)30-40)89(83,84)66-46(56(78)79)34-63-55(77)48-32-49(72)45-17-16-43(33-64-57-61-18-19-62-57)31-47(45)71(48)20-14-13-15-44(39-88(80,81)82)65-50(73)35-67-21-23-68(36-51(74)85-58(4,5)6)25-27-70(38-53(76)87-60(10,11)12)28-26-69(24-22-67)37-52(75)86-59(7,8)9;2*3-2(4,5)1(6)7/h16-19,29-31,44,46,48,66H,13-15,20-28,32-39H2,1-12H3,(H,63,77)(H,65,73)(H,78,79)(H2,61,62,64)(H,80,81,82);2*(H,6,7)/t44-,46+,48?;;/m1../s1. The molecule has 0 aliphatic carbocycles. The highest BCUT2D eigenvalue weighted by atomic mass is 32.2. The maximum Gasteiger partial charge on any atom is 0.490 e. The van der Waals surface area contributed by atoms with E-state index in [0.29, 0.717) is 60.1 Å². The number of hydrogen-bond acceptors (Lipinski definition) is 23. The van der Waals surface area contributed by atoms with E-state index in [2.05, 4.69) is 30.6 Å². The van der Waals surface area contributed by atoms with Gasteiger partial charge in [0.2, 0.25) is 21.8 Å². The lowest BCUT2D eigenvalue weighted by Crippen LogP contribution is -2.55. The molecule has 2 aromatic carbocycles. The van der Waals surface area contributed by atoms with Crippen molar-refractivity contribution in [3.8, 4) is 0 Å². The number of carbonyl (C=O) groups excluding carboxylic acids is 6. The van der Waals surface area contributed by atoms with Crippen molar-refractivity contribution in [3.05, 3.63) is 70.5 Å². The molecule has 580 valence electrons. The Balaban J connectivity index is 0.00000178. The molecular weight excluding hydrogens is 1420 g/mol. The number of nitrogens with zero attached hydrogens (tertiary/aromatic N) is 6. The van der Waals surface area contributed by atoms with Gasteiger partial charge in [-0.15, -0.1) is 0 Å². The molecule has 3 heterocycles. The van der Waals surface area contributed by atoms with Gasteiger partial charge in [-0.25, -0.2) is 23.0 Å². The maximum atomic E-state index is 14.3. The summed E-state index contributed by atoms with van der Waals surface area (Å²) in [5, 5.41) is 33.0. The van der Waals surface area contributed by atoms with Gasteiger partial charge in [0.15, 0.2) is 11.7 Å². The van der Waals surface area contributed by atoms with Crippen LogP contribution >= 0.6 is 0 Å². The van der Waals surface area contributed by atoms with Gasteiger partial charge >= 0.3 is 48.2 Å². The average Bonchev–Trinajstić information content (AvgIpc) is 0.970. The minimum atomic E-state index is -5.08. The fourth-order valence-electron chi connectivity index (χ4n) is 10.6. The number of carboxylic acid groups (broad SMARTS) is 3. The molecule has 1 aromatic heterocycles. The Morgan fingerprint density at radius 2 is 1.10 bits per heavy atom. The van der Waals surface area contributed by atoms with Crippen molar-refractivity contribution in [2.75, 3.05) is 108 Å². The zero-order chi connectivity index (χ0) is 78.4. The minimum absolute atomic E-state index is 0.0165. The van der Waals surface area contributed by atoms with Crippen LogP contribution in [-0.4, -0.2) is 264 Å². The van der Waals surface area contributed by atoms with E-state index in [4.69, 9.17) is 34.0 Å². The highest BCUT2D eigenvalue weighted by molar-refractivity contribution is 7.89. The van der Waals surface area contributed by atoms with E-state index < -0.39 is 127 Å². The molecule has 0 spiro atoms. The molecule has 2 aliphatic rings. The van der Waals surface area contributed by atoms with E-state index in [1.165, 1.54) is 0 Å². The molecule has 0 saturated carbocycles. The molecule has 0 bridgehead atoms. The van der Waals surface area contributed by atoms with Gasteiger partial charge in [0, 0.05) is 108 Å². The first-order chi connectivity index (χ1) is 47.2. The monoisotopic (exact) mass is 1520 g/mol. The van der Waals surface area contributed by atoms with Crippen molar-refractivity contribution in [2.24, 2.45) is 0 Å². The number of aryl methyl sites for hydroxylation is 3. The van der Waals surface area contributed by atoms with Crippen LogP contribution in [0.25, 0.3) is 0 Å². The number of hydrogen-bond donors (Lipinski definition) is 9. The number of anilines is 2. The summed E-state index contributed by atoms with van der Waals surface area (Å²) in [5.41, 5.74) is 0.680. The van der Waals surface area contributed by atoms with Gasteiger partial charge in [-0.05, 0) is 131 Å². The first-order valence-electron chi connectivity index (χ1n) is 32.4. The number of fused-ring (bicyclic) bond motifs is 1. The smallest absolute Gasteiger partial charge is 0.480 e. The highest BCUT2D eigenvalue weighted by Crippen LogP contribution is 2.33. The number of nitrogens with one attached hydrogen (secondary N) is 5. The van der Waals surface area contributed by atoms with Crippen LogP contribution < -0.4 is 25.6 Å². The Kier molecular flexibility index (Phi) is 33.4. The normalized spacial score (nSPS) is 16.5. The fourth-order valence-corrected chi connectivity index (χ4v) is 13.0. The van der Waals surface area contributed by atoms with Gasteiger partial charge in [-0.1, -0.05) is 23.8 Å². The number of H-pyrrole nitrogens is 1. The number of alkyl halides is 6. The van der Waals surface area contributed by atoms with E-state index in [1.54, 1.807) is 131 Å². The second-order valence-corrected chi connectivity index (χ2v) is 30.6. The number of amides is 2. The number of imidazole rings is 1. The number of sulfonamides is 1. The topological polar surface area (TPSA) is 424 Å². The Hall–Kier alpha value is -8.08. The fraction of sp³-hybridized carbons (Fsp3) is 0.625. The van der Waals surface area contributed by atoms with Gasteiger partial charge in [-0.2, -0.15) is 39.5 Å². The molecule has 5 rings (SSSR count). The number of halogens is 6. The molecule has 3 atom stereocenters. The third-order valence-corrected chi connectivity index (χ3v) is 17.3. The number of carbonyl (C=O) groups is 9. The predicted molar refractivity (Wildman–Crippen MR) is 361 cm³/mol. The van der Waals surface area contributed by atoms with Crippen LogP contribution in [0.5, 0.6) is 0 Å². The number of aromatic amines is 1. The SMILES string of the molecule is Cc1cc(C)c(S(=O)(=O)N[C@@H](CNC(=O)C2CC(=O)c3ccc(CNc4ncc[nH]4)cc3N2CCCC[C@H](CS(=O)(=O)O)NC(=O)CN2CCN(CC(=O)OC(C)(C)C)CCN(CC(=O)OC(C)(C)C)CCN(CC(=O)OC(C)(C)C)CC2)C(=O)O)c(C)c1.O=C(O)C(F)(F)F.O=C(O)C(F)(F)F. The van der Waals surface area contributed by atoms with E-state index in [0.717, 1.165) is 5.56 Å². The molecule has 39 heteroatoms. The van der Waals surface area contributed by atoms with Gasteiger partial charge in [-0.3, -0.25) is 57.7 Å². The molecule has 103 heavy (non-hydrogen) atoms. The molecule has 31 nitrogen and oxygen atoms in total. The molecule has 2 aliphatic heterocycles. The van der Waals surface area contributed by atoms with Crippen LogP contribution in [0.1, 0.15) is 121 Å². The molecule has 1 saturated heterocycles. The van der Waals surface area contributed by atoms with Gasteiger partial charge in [0.05, 0.1) is 36.8 Å².